The number of aryl methyl sites for hydroxylation is 1. The van der Waals surface area contributed by atoms with Gasteiger partial charge in [-0.15, -0.1) is 0 Å². The van der Waals surface area contributed by atoms with E-state index in [-0.39, 0.29) is 34.4 Å². The smallest absolute Gasteiger partial charge is 0.387 e. The monoisotopic (exact) mass is 481 g/mol. The molecular formula is C20H18ClF2N5O3S. The number of rotatable bonds is 7. The first-order valence-electron chi connectivity index (χ1n) is 9.60. The van der Waals surface area contributed by atoms with Crippen molar-refractivity contribution in [3.63, 3.8) is 0 Å². The number of nitrogens with zero attached hydrogens (tertiary/aromatic N) is 4. The Morgan fingerprint density at radius 3 is 2.84 bits per heavy atom. The Balaban J connectivity index is 1.41. The second-order valence-corrected chi connectivity index (χ2v) is 8.49. The molecule has 1 aliphatic heterocycles. The fraction of sp³-hybridized carbons (Fsp3) is 0.300. The van der Waals surface area contributed by atoms with Crippen LogP contribution in [0.5, 0.6) is 5.75 Å². The summed E-state index contributed by atoms with van der Waals surface area (Å²) in [4.78, 5) is 31.3. The Labute approximate surface area is 191 Å². The number of thioether (sulfide) groups is 1. The first-order valence-corrected chi connectivity index (χ1v) is 11.0. The molecule has 8 nitrogen and oxygen atoms in total. The van der Waals surface area contributed by atoms with E-state index < -0.39 is 6.61 Å². The summed E-state index contributed by atoms with van der Waals surface area (Å²) in [6.45, 7) is -2.99. The van der Waals surface area contributed by atoms with Gasteiger partial charge in [-0.3, -0.25) is 19.2 Å². The fourth-order valence-corrected chi connectivity index (χ4v) is 4.13. The highest BCUT2D eigenvalue weighted by Crippen LogP contribution is 2.35. The highest BCUT2D eigenvalue weighted by molar-refractivity contribution is 8.14. The van der Waals surface area contributed by atoms with Gasteiger partial charge in [0.25, 0.3) is 5.91 Å². The zero-order chi connectivity index (χ0) is 22.8. The van der Waals surface area contributed by atoms with Gasteiger partial charge in [0.05, 0.1) is 17.0 Å². The highest BCUT2D eigenvalue weighted by Gasteiger charge is 2.41. The number of amidine groups is 1. The maximum atomic E-state index is 12.8. The van der Waals surface area contributed by atoms with E-state index in [1.807, 2.05) is 0 Å². The molecule has 1 saturated carbocycles. The van der Waals surface area contributed by atoms with E-state index in [1.54, 1.807) is 35.1 Å². The molecular weight excluding hydrogens is 464 g/mol. The number of hydrogen-bond donors (Lipinski definition) is 1. The van der Waals surface area contributed by atoms with Crippen LogP contribution < -0.4 is 10.1 Å². The number of aromatic nitrogens is 2. The molecule has 2 aliphatic rings. The molecule has 1 N–H and O–H groups in total. The van der Waals surface area contributed by atoms with E-state index in [0.717, 1.165) is 30.2 Å². The van der Waals surface area contributed by atoms with Gasteiger partial charge in [-0.1, -0.05) is 23.4 Å². The maximum Gasteiger partial charge on any atom is 0.387 e. The molecule has 1 aliphatic carbocycles. The molecule has 1 aromatic heterocycles. The largest absolute Gasteiger partial charge is 0.433 e. The summed E-state index contributed by atoms with van der Waals surface area (Å²) in [5, 5.41) is 7.15. The number of ether oxygens (including phenoxy) is 1. The van der Waals surface area contributed by atoms with Crippen LogP contribution in [0.15, 0.2) is 41.3 Å². The van der Waals surface area contributed by atoms with Crippen molar-refractivity contribution in [3.05, 3.63) is 46.9 Å². The molecule has 168 valence electrons. The number of hydrogen-bond acceptors (Lipinski definition) is 6. The number of carbonyl (C=O) groups excluding carboxylic acids is 2. The van der Waals surface area contributed by atoms with Crippen molar-refractivity contribution >= 4 is 52.1 Å². The third-order valence-corrected chi connectivity index (χ3v) is 5.81. The number of nitrogens with one attached hydrogen (secondary N) is 1. The number of carbonyl (C=O) groups is 2. The Morgan fingerprint density at radius 1 is 1.44 bits per heavy atom. The second-order valence-electron chi connectivity index (χ2n) is 7.14. The van der Waals surface area contributed by atoms with Gasteiger partial charge in [0.15, 0.2) is 5.17 Å². The molecule has 1 aromatic carbocycles. The lowest BCUT2D eigenvalue weighted by Gasteiger charge is -2.16. The zero-order valence-corrected chi connectivity index (χ0v) is 18.4. The van der Waals surface area contributed by atoms with Crippen LogP contribution in [0, 0.1) is 0 Å². The molecule has 4 rings (SSSR count). The minimum Gasteiger partial charge on any atom is -0.433 e. The summed E-state index contributed by atoms with van der Waals surface area (Å²) < 4.78 is 30.6. The van der Waals surface area contributed by atoms with E-state index in [1.165, 1.54) is 18.2 Å². The zero-order valence-electron chi connectivity index (χ0n) is 16.8. The predicted molar refractivity (Wildman–Crippen MR) is 118 cm³/mol. The van der Waals surface area contributed by atoms with Crippen LogP contribution in [-0.4, -0.2) is 50.1 Å². The van der Waals surface area contributed by atoms with Crippen LogP contribution in [0.3, 0.4) is 0 Å². The van der Waals surface area contributed by atoms with Gasteiger partial charge >= 0.3 is 6.61 Å². The molecule has 0 spiro atoms. The Kier molecular flexibility index (Phi) is 6.47. The normalized spacial score (nSPS) is 17.3. The summed E-state index contributed by atoms with van der Waals surface area (Å²) in [6, 6.07) is 4.08. The third kappa shape index (κ3) is 5.28. The minimum absolute atomic E-state index is 0.00239. The van der Waals surface area contributed by atoms with Crippen LogP contribution in [0.4, 0.5) is 14.5 Å². The van der Waals surface area contributed by atoms with Gasteiger partial charge < -0.3 is 10.1 Å². The lowest BCUT2D eigenvalue weighted by atomic mass is 10.3. The lowest BCUT2D eigenvalue weighted by Crippen LogP contribution is -2.33. The topological polar surface area (TPSA) is 88.8 Å². The third-order valence-electron chi connectivity index (χ3n) is 4.56. The first kappa shape index (κ1) is 22.3. The molecule has 32 heavy (non-hydrogen) atoms. The summed E-state index contributed by atoms with van der Waals surface area (Å²) >= 11 is 7.06. The summed E-state index contributed by atoms with van der Waals surface area (Å²) in [7, 11) is 1.78. The van der Waals surface area contributed by atoms with Crippen LogP contribution in [0.25, 0.3) is 6.08 Å². The van der Waals surface area contributed by atoms with E-state index in [9.17, 15) is 18.4 Å². The van der Waals surface area contributed by atoms with Crippen molar-refractivity contribution < 1.29 is 23.1 Å². The average Bonchev–Trinajstić information content (AvgIpc) is 3.40. The van der Waals surface area contributed by atoms with Gasteiger partial charge in [0, 0.05) is 30.5 Å². The Hall–Kier alpha value is -2.92. The lowest BCUT2D eigenvalue weighted by molar-refractivity contribution is -0.123. The quantitative estimate of drug-likeness (QED) is 0.608. The van der Waals surface area contributed by atoms with Crippen molar-refractivity contribution in [1.29, 1.82) is 0 Å². The van der Waals surface area contributed by atoms with E-state index >= 15 is 0 Å². The fourth-order valence-electron chi connectivity index (χ4n) is 3.04. The van der Waals surface area contributed by atoms with Crippen LogP contribution >= 0.6 is 23.4 Å². The number of anilines is 1. The van der Waals surface area contributed by atoms with Crippen LogP contribution in [0.1, 0.15) is 18.4 Å². The molecule has 2 aromatic rings. The molecule has 2 amide bonds. The molecule has 12 heteroatoms. The second kappa shape index (κ2) is 9.29. The van der Waals surface area contributed by atoms with Crippen molar-refractivity contribution in [3.8, 4) is 5.75 Å². The number of aliphatic imine (C=N–C) groups is 1. The van der Waals surface area contributed by atoms with Crippen LogP contribution in [0.2, 0.25) is 5.02 Å². The number of benzene rings is 1. The summed E-state index contributed by atoms with van der Waals surface area (Å²) in [6.07, 6.45) is 6.87. The first-order chi connectivity index (χ1) is 15.3. The van der Waals surface area contributed by atoms with Crippen LogP contribution in [-0.2, 0) is 16.6 Å². The van der Waals surface area contributed by atoms with Gasteiger partial charge in [-0.05, 0) is 37.1 Å². The van der Waals surface area contributed by atoms with Crippen molar-refractivity contribution in [2.75, 3.05) is 11.1 Å². The summed E-state index contributed by atoms with van der Waals surface area (Å²) in [5.74, 6) is -0.728. The Bertz CT molecular complexity index is 1120. The van der Waals surface area contributed by atoms with Gasteiger partial charge in [-0.2, -0.15) is 13.9 Å². The molecule has 0 atom stereocenters. The SMILES string of the molecule is Cn1cc(C=C2N=C(SCC(=O)Nc3ccc(OC(F)F)c(Cl)c3)N(C3CC3)C2=O)cn1. The van der Waals surface area contributed by atoms with Gasteiger partial charge in [0.2, 0.25) is 5.91 Å². The molecule has 2 heterocycles. The minimum atomic E-state index is -2.99. The average molecular weight is 482 g/mol. The van der Waals surface area contributed by atoms with Crippen molar-refractivity contribution in [2.24, 2.45) is 12.0 Å². The predicted octanol–water partition coefficient (Wildman–Crippen LogP) is 3.75. The summed E-state index contributed by atoms with van der Waals surface area (Å²) in [5.41, 5.74) is 1.40. The van der Waals surface area contributed by atoms with Gasteiger partial charge in [0.1, 0.15) is 11.4 Å². The molecule has 0 unspecified atom stereocenters. The number of alkyl halides is 2. The number of halogens is 3. The van der Waals surface area contributed by atoms with Crippen molar-refractivity contribution in [1.82, 2.24) is 14.7 Å². The van der Waals surface area contributed by atoms with E-state index in [2.05, 4.69) is 20.1 Å². The molecule has 0 saturated heterocycles. The highest BCUT2D eigenvalue weighted by atomic mass is 35.5. The standard InChI is InChI=1S/C20H18ClF2N5O3S/c1-27-9-11(8-24-27)6-15-18(30)28(13-3-4-13)20(26-15)32-10-17(29)25-12-2-5-16(14(21)7-12)31-19(22)23/h2,5-9,13,19H,3-4,10H2,1H3,(H,25,29). The van der Waals surface area contributed by atoms with E-state index in [0.29, 0.717) is 16.6 Å². The molecule has 0 radical (unpaired) electrons. The molecule has 0 bridgehead atoms. The Morgan fingerprint density at radius 2 is 2.22 bits per heavy atom. The van der Waals surface area contributed by atoms with E-state index in [4.69, 9.17) is 11.6 Å². The maximum absolute atomic E-state index is 12.8. The number of amides is 2. The van der Waals surface area contributed by atoms with Crippen molar-refractivity contribution in [2.45, 2.75) is 25.5 Å². The van der Waals surface area contributed by atoms with Gasteiger partial charge in [-0.25, -0.2) is 4.99 Å². The molecule has 1 fully saturated rings.